The first-order chi connectivity index (χ1) is 9.27. The van der Waals surface area contributed by atoms with E-state index < -0.39 is 17.7 Å². The lowest BCUT2D eigenvalue weighted by Crippen LogP contribution is -2.09. The Morgan fingerprint density at radius 1 is 1.20 bits per heavy atom. The van der Waals surface area contributed by atoms with Gasteiger partial charge in [-0.2, -0.15) is 13.2 Å². The van der Waals surface area contributed by atoms with Gasteiger partial charge >= 0.3 is 6.18 Å². The number of benzene rings is 1. The maximum Gasteiger partial charge on any atom is 0.433 e. The minimum atomic E-state index is -4.53. The number of anilines is 3. The molecule has 0 atom stereocenters. The van der Waals surface area contributed by atoms with Crippen molar-refractivity contribution in [2.45, 2.75) is 13.1 Å². The number of aromatic nitrogens is 1. The molecule has 0 unspecified atom stereocenters. The molecule has 20 heavy (non-hydrogen) atoms. The normalized spacial score (nSPS) is 11.4. The molecule has 0 fully saturated rings. The first-order valence-corrected chi connectivity index (χ1v) is 5.64. The summed E-state index contributed by atoms with van der Waals surface area (Å²) in [7, 11) is 0. The summed E-state index contributed by atoms with van der Waals surface area (Å²) in [4.78, 5) is 3.44. The van der Waals surface area contributed by atoms with Crippen molar-refractivity contribution in [2.75, 3.05) is 11.1 Å². The van der Waals surface area contributed by atoms with Gasteiger partial charge in [0, 0.05) is 11.4 Å². The van der Waals surface area contributed by atoms with E-state index >= 15 is 0 Å². The molecule has 3 N–H and O–H groups in total. The molecule has 0 saturated heterocycles. The third kappa shape index (κ3) is 2.98. The average molecular weight is 285 g/mol. The number of nitrogens with two attached hydrogens (primary N) is 1. The Labute approximate surface area is 112 Å². The number of hydrogen-bond donors (Lipinski definition) is 2. The van der Waals surface area contributed by atoms with Gasteiger partial charge in [0.1, 0.15) is 17.3 Å². The third-order valence-corrected chi connectivity index (χ3v) is 2.71. The number of halogens is 4. The third-order valence-electron chi connectivity index (χ3n) is 2.71. The second-order valence-electron chi connectivity index (χ2n) is 4.20. The monoisotopic (exact) mass is 285 g/mol. The Bertz CT molecular complexity index is 638. The zero-order valence-corrected chi connectivity index (χ0v) is 10.4. The fraction of sp³-hybridized carbons (Fsp3) is 0.154. The van der Waals surface area contributed by atoms with Crippen LogP contribution in [-0.4, -0.2) is 4.98 Å². The molecule has 0 aliphatic heterocycles. The van der Waals surface area contributed by atoms with Crippen LogP contribution in [0.4, 0.5) is 34.8 Å². The molecule has 1 aromatic heterocycles. The molecule has 106 valence electrons. The number of pyridine rings is 1. The largest absolute Gasteiger partial charge is 0.433 e. The van der Waals surface area contributed by atoms with Gasteiger partial charge in [-0.25, -0.2) is 9.37 Å². The molecule has 1 heterocycles. The molecule has 0 aliphatic carbocycles. The molecule has 2 aromatic rings. The van der Waals surface area contributed by atoms with Crippen LogP contribution >= 0.6 is 0 Å². The lowest BCUT2D eigenvalue weighted by atomic mass is 10.1. The fourth-order valence-electron chi connectivity index (χ4n) is 1.63. The highest BCUT2D eigenvalue weighted by Gasteiger charge is 2.32. The Balaban J connectivity index is 2.36. The molecule has 1 aromatic carbocycles. The van der Waals surface area contributed by atoms with Gasteiger partial charge in [0.15, 0.2) is 0 Å². The van der Waals surface area contributed by atoms with Gasteiger partial charge in [0.25, 0.3) is 0 Å². The molecular formula is C13H11F4N3. The van der Waals surface area contributed by atoms with Crippen LogP contribution < -0.4 is 11.1 Å². The van der Waals surface area contributed by atoms with E-state index in [1.807, 2.05) is 0 Å². The molecule has 0 amide bonds. The molecule has 0 radical (unpaired) electrons. The zero-order valence-electron chi connectivity index (χ0n) is 10.4. The molecule has 3 nitrogen and oxygen atoms in total. The smallest absolute Gasteiger partial charge is 0.398 e. The molecule has 7 heteroatoms. The summed E-state index contributed by atoms with van der Waals surface area (Å²) < 4.78 is 50.9. The number of rotatable bonds is 2. The molecule has 2 rings (SSSR count). The predicted octanol–water partition coefficient (Wildman–Crippen LogP) is 3.87. The first-order valence-electron chi connectivity index (χ1n) is 5.64. The van der Waals surface area contributed by atoms with Gasteiger partial charge < -0.3 is 11.1 Å². The van der Waals surface area contributed by atoms with E-state index in [2.05, 4.69) is 10.3 Å². The lowest BCUT2D eigenvalue weighted by molar-refractivity contribution is -0.141. The van der Waals surface area contributed by atoms with Crippen molar-refractivity contribution in [1.29, 1.82) is 0 Å². The van der Waals surface area contributed by atoms with Crippen molar-refractivity contribution in [3.05, 3.63) is 47.4 Å². The quantitative estimate of drug-likeness (QED) is 0.650. The van der Waals surface area contributed by atoms with E-state index in [1.165, 1.54) is 12.1 Å². The number of hydrogen-bond acceptors (Lipinski definition) is 3. The SMILES string of the molecule is Cc1c(N)cc(F)cc1Nc1cccc(C(F)(F)F)n1. The molecular weight excluding hydrogens is 274 g/mol. The standard InChI is InChI=1S/C13H11F4N3/c1-7-9(18)5-8(14)6-10(7)19-12-4-2-3-11(20-12)13(15,16)17/h2-6H,18H2,1H3,(H,19,20). The van der Waals surface area contributed by atoms with Crippen LogP contribution in [0.25, 0.3) is 0 Å². The summed E-state index contributed by atoms with van der Waals surface area (Å²) in [5, 5.41) is 2.64. The summed E-state index contributed by atoms with van der Waals surface area (Å²) in [6.07, 6.45) is -4.53. The Kier molecular flexibility index (Phi) is 3.52. The van der Waals surface area contributed by atoms with Crippen LogP contribution in [-0.2, 0) is 6.18 Å². The van der Waals surface area contributed by atoms with Crippen molar-refractivity contribution in [1.82, 2.24) is 4.98 Å². The Morgan fingerprint density at radius 2 is 1.90 bits per heavy atom. The summed E-state index contributed by atoms with van der Waals surface area (Å²) in [5.74, 6) is -0.615. The highest BCUT2D eigenvalue weighted by molar-refractivity contribution is 5.68. The second kappa shape index (κ2) is 4.99. The van der Waals surface area contributed by atoms with Crippen molar-refractivity contribution >= 4 is 17.2 Å². The van der Waals surface area contributed by atoms with E-state index in [9.17, 15) is 17.6 Å². The number of nitrogen functional groups attached to an aromatic ring is 1. The van der Waals surface area contributed by atoms with Crippen LogP contribution in [0.2, 0.25) is 0 Å². The van der Waals surface area contributed by atoms with Gasteiger partial charge in [0.2, 0.25) is 0 Å². The fourth-order valence-corrected chi connectivity index (χ4v) is 1.63. The van der Waals surface area contributed by atoms with E-state index in [0.29, 0.717) is 5.56 Å². The van der Waals surface area contributed by atoms with Gasteiger partial charge in [-0.3, -0.25) is 0 Å². The zero-order chi connectivity index (χ0) is 14.9. The predicted molar refractivity (Wildman–Crippen MR) is 68.1 cm³/mol. The minimum absolute atomic E-state index is 0.0343. The van der Waals surface area contributed by atoms with E-state index in [1.54, 1.807) is 6.92 Å². The molecule has 0 spiro atoms. The van der Waals surface area contributed by atoms with Crippen molar-refractivity contribution in [3.8, 4) is 0 Å². The second-order valence-corrected chi connectivity index (χ2v) is 4.20. The van der Waals surface area contributed by atoms with Gasteiger partial charge in [0.05, 0.1) is 0 Å². The summed E-state index contributed by atoms with van der Waals surface area (Å²) >= 11 is 0. The maximum atomic E-state index is 13.3. The van der Waals surface area contributed by atoms with Gasteiger partial charge in [-0.15, -0.1) is 0 Å². The van der Waals surface area contributed by atoms with Gasteiger partial charge in [-0.1, -0.05) is 6.07 Å². The Morgan fingerprint density at radius 3 is 2.55 bits per heavy atom. The maximum absolute atomic E-state index is 13.3. The summed E-state index contributed by atoms with van der Waals surface area (Å²) in [6.45, 7) is 1.63. The lowest BCUT2D eigenvalue weighted by Gasteiger charge is -2.12. The van der Waals surface area contributed by atoms with Gasteiger partial charge in [-0.05, 0) is 36.8 Å². The highest BCUT2D eigenvalue weighted by atomic mass is 19.4. The highest BCUT2D eigenvalue weighted by Crippen LogP contribution is 2.30. The van der Waals surface area contributed by atoms with Crippen LogP contribution in [0, 0.1) is 12.7 Å². The van der Waals surface area contributed by atoms with Crippen LogP contribution in [0.1, 0.15) is 11.3 Å². The van der Waals surface area contributed by atoms with E-state index in [0.717, 1.165) is 18.2 Å². The molecule has 0 aliphatic rings. The van der Waals surface area contributed by atoms with E-state index in [-0.39, 0.29) is 17.2 Å². The topological polar surface area (TPSA) is 50.9 Å². The number of alkyl halides is 3. The summed E-state index contributed by atoms with van der Waals surface area (Å²) in [5.41, 5.74) is 5.58. The van der Waals surface area contributed by atoms with Crippen molar-refractivity contribution in [2.24, 2.45) is 0 Å². The first kappa shape index (κ1) is 14.1. The van der Waals surface area contributed by atoms with E-state index in [4.69, 9.17) is 5.73 Å². The Hall–Kier alpha value is -2.31. The van der Waals surface area contributed by atoms with Crippen molar-refractivity contribution in [3.63, 3.8) is 0 Å². The van der Waals surface area contributed by atoms with Crippen LogP contribution in [0.15, 0.2) is 30.3 Å². The van der Waals surface area contributed by atoms with Crippen LogP contribution in [0.5, 0.6) is 0 Å². The summed E-state index contributed by atoms with van der Waals surface area (Å²) in [6, 6.07) is 5.72. The number of nitrogens with zero attached hydrogens (tertiary/aromatic N) is 1. The molecule has 0 saturated carbocycles. The number of nitrogens with one attached hydrogen (secondary N) is 1. The average Bonchev–Trinajstić information content (AvgIpc) is 2.35. The molecule has 0 bridgehead atoms. The van der Waals surface area contributed by atoms with Crippen LogP contribution in [0.3, 0.4) is 0 Å². The van der Waals surface area contributed by atoms with Crippen molar-refractivity contribution < 1.29 is 17.6 Å². The minimum Gasteiger partial charge on any atom is -0.398 e.